The third-order valence-electron chi connectivity index (χ3n) is 6.73. The van der Waals surface area contributed by atoms with Crippen LogP contribution >= 0.6 is 0 Å². The molecule has 5 rings (SSSR count). The quantitative estimate of drug-likeness (QED) is 0.511. The predicted octanol–water partition coefficient (Wildman–Crippen LogP) is 4.71. The molecule has 0 amide bonds. The summed E-state index contributed by atoms with van der Waals surface area (Å²) in [6.45, 7) is 0. The Morgan fingerprint density at radius 3 is 2.45 bits per heavy atom. The monoisotopic (exact) mass is 387 g/mol. The first kappa shape index (κ1) is 18.4. The lowest BCUT2D eigenvalue weighted by Gasteiger charge is -2.32. The van der Waals surface area contributed by atoms with Gasteiger partial charge in [-0.2, -0.15) is 5.10 Å². The van der Waals surface area contributed by atoms with Crippen LogP contribution in [0.2, 0.25) is 0 Å². The Morgan fingerprint density at radius 1 is 0.966 bits per heavy atom. The first-order valence-corrected chi connectivity index (χ1v) is 10.5. The van der Waals surface area contributed by atoms with Gasteiger partial charge in [0.15, 0.2) is 0 Å². The molecule has 1 aromatic carbocycles. The molecule has 0 bridgehead atoms. The van der Waals surface area contributed by atoms with Crippen LogP contribution in [0, 0.1) is 0 Å². The van der Waals surface area contributed by atoms with Crippen molar-refractivity contribution in [2.45, 2.75) is 37.6 Å². The van der Waals surface area contributed by atoms with E-state index in [2.05, 4.69) is 66.3 Å². The molecule has 1 aliphatic carbocycles. The fourth-order valence-electron chi connectivity index (χ4n) is 5.05. The highest BCUT2D eigenvalue weighted by Gasteiger charge is 2.26. The number of rotatable bonds is 3. The zero-order valence-corrected chi connectivity index (χ0v) is 17.8. The van der Waals surface area contributed by atoms with Crippen molar-refractivity contribution in [2.75, 3.05) is 14.1 Å². The van der Waals surface area contributed by atoms with Gasteiger partial charge in [0.1, 0.15) is 5.65 Å². The Morgan fingerprint density at radius 2 is 1.76 bits per heavy atom. The molecule has 1 aliphatic rings. The molecule has 150 valence electrons. The Labute approximate surface area is 172 Å². The molecule has 0 N–H and O–H groups in total. The minimum absolute atomic E-state index is 0.615. The summed E-state index contributed by atoms with van der Waals surface area (Å²) in [5.41, 5.74) is 4.93. The molecule has 5 heteroatoms. The van der Waals surface area contributed by atoms with Gasteiger partial charge >= 0.3 is 0 Å². The minimum Gasteiger partial charge on any atom is -0.335 e. The van der Waals surface area contributed by atoms with Crippen LogP contribution in [0.15, 0.2) is 43.0 Å². The normalized spacial score (nSPS) is 20.2. The van der Waals surface area contributed by atoms with Gasteiger partial charge in [-0.05, 0) is 68.3 Å². The molecule has 0 saturated heterocycles. The molecular weight excluding hydrogens is 358 g/mol. The number of hydrogen-bond acceptors (Lipinski definition) is 3. The fraction of sp³-hybridized carbons (Fsp3) is 0.417. The van der Waals surface area contributed by atoms with E-state index in [1.54, 1.807) is 0 Å². The Kier molecular flexibility index (Phi) is 4.43. The number of hydrogen-bond donors (Lipinski definition) is 0. The summed E-state index contributed by atoms with van der Waals surface area (Å²) in [5.74, 6) is 0.615. The first-order valence-electron chi connectivity index (χ1n) is 10.5. The number of fused-ring (bicyclic) bond motifs is 3. The summed E-state index contributed by atoms with van der Waals surface area (Å²) < 4.78 is 4.07. The lowest BCUT2D eigenvalue weighted by atomic mass is 9.81. The van der Waals surface area contributed by atoms with Gasteiger partial charge in [0.2, 0.25) is 0 Å². The molecule has 29 heavy (non-hydrogen) atoms. The molecule has 0 atom stereocenters. The lowest BCUT2D eigenvalue weighted by Crippen LogP contribution is -2.31. The van der Waals surface area contributed by atoms with Crippen molar-refractivity contribution in [1.82, 2.24) is 24.2 Å². The molecule has 0 spiro atoms. The second-order valence-corrected chi connectivity index (χ2v) is 8.83. The predicted molar refractivity (Wildman–Crippen MR) is 119 cm³/mol. The minimum atomic E-state index is 0.615. The summed E-state index contributed by atoms with van der Waals surface area (Å²) in [6, 6.07) is 7.42. The molecule has 0 unspecified atom stereocenters. The van der Waals surface area contributed by atoms with Crippen LogP contribution < -0.4 is 0 Å². The average Bonchev–Trinajstić information content (AvgIpc) is 3.31. The molecule has 0 radical (unpaired) electrons. The maximum absolute atomic E-state index is 4.81. The third kappa shape index (κ3) is 3.14. The smallest absolute Gasteiger partial charge is 0.140 e. The molecule has 3 heterocycles. The van der Waals surface area contributed by atoms with E-state index in [1.165, 1.54) is 53.0 Å². The van der Waals surface area contributed by atoms with Crippen molar-refractivity contribution in [3.63, 3.8) is 0 Å². The average molecular weight is 388 g/mol. The van der Waals surface area contributed by atoms with Gasteiger partial charge in [0, 0.05) is 55.1 Å². The van der Waals surface area contributed by atoms with Crippen LogP contribution in [0.5, 0.6) is 0 Å². The van der Waals surface area contributed by atoms with Gasteiger partial charge in [0.25, 0.3) is 0 Å². The summed E-state index contributed by atoms with van der Waals surface area (Å²) >= 11 is 0. The molecule has 1 saturated carbocycles. The highest BCUT2D eigenvalue weighted by atomic mass is 15.2. The summed E-state index contributed by atoms with van der Waals surface area (Å²) in [7, 11) is 8.51. The molecule has 4 aromatic rings. The second kappa shape index (κ2) is 6.99. The third-order valence-corrected chi connectivity index (χ3v) is 6.73. The molecule has 3 aromatic heterocycles. The summed E-state index contributed by atoms with van der Waals surface area (Å²) in [6.07, 6.45) is 13.4. The van der Waals surface area contributed by atoms with E-state index >= 15 is 0 Å². The van der Waals surface area contributed by atoms with E-state index < -0.39 is 0 Å². The van der Waals surface area contributed by atoms with Crippen molar-refractivity contribution in [1.29, 1.82) is 0 Å². The standard InChI is InChI=1S/C24H29N5/c1-27(2)20-9-7-16(8-10-20)22-15-28(3)24-23(22)21-11-17(5-6-18(21)12-25-24)19-13-26-29(4)14-19/h5-6,11-16,20H,7-10H2,1-4H3/t16-,20-. The van der Waals surface area contributed by atoms with E-state index in [0.29, 0.717) is 12.0 Å². The van der Waals surface area contributed by atoms with Gasteiger partial charge in [-0.15, -0.1) is 0 Å². The van der Waals surface area contributed by atoms with Crippen LogP contribution in [-0.2, 0) is 14.1 Å². The molecule has 1 fully saturated rings. The largest absolute Gasteiger partial charge is 0.335 e. The van der Waals surface area contributed by atoms with Gasteiger partial charge in [0.05, 0.1) is 6.20 Å². The van der Waals surface area contributed by atoms with Crippen LogP contribution in [0.1, 0.15) is 37.2 Å². The molecule has 0 aliphatic heterocycles. The van der Waals surface area contributed by atoms with Crippen molar-refractivity contribution >= 4 is 21.8 Å². The van der Waals surface area contributed by atoms with Gasteiger partial charge < -0.3 is 9.47 Å². The van der Waals surface area contributed by atoms with E-state index in [1.807, 2.05) is 24.1 Å². The van der Waals surface area contributed by atoms with Crippen molar-refractivity contribution in [2.24, 2.45) is 14.1 Å². The van der Waals surface area contributed by atoms with Crippen molar-refractivity contribution in [3.8, 4) is 11.1 Å². The highest BCUT2D eigenvalue weighted by molar-refractivity contribution is 6.08. The summed E-state index contributed by atoms with van der Waals surface area (Å²) in [4.78, 5) is 7.20. The van der Waals surface area contributed by atoms with Gasteiger partial charge in [-0.25, -0.2) is 4.98 Å². The zero-order chi connectivity index (χ0) is 20.1. The molecular formula is C24H29N5. The number of aryl methyl sites for hydroxylation is 2. The highest BCUT2D eigenvalue weighted by Crippen LogP contribution is 2.40. The van der Waals surface area contributed by atoms with Crippen molar-refractivity contribution < 1.29 is 0 Å². The number of pyridine rings is 1. The van der Waals surface area contributed by atoms with E-state index in [0.717, 1.165) is 11.2 Å². The number of aromatic nitrogens is 4. The van der Waals surface area contributed by atoms with E-state index in [-0.39, 0.29) is 0 Å². The van der Waals surface area contributed by atoms with Crippen LogP contribution in [-0.4, -0.2) is 44.4 Å². The SMILES string of the molecule is Cn1cc(-c2ccc3cnc4c(c3c2)c([C@H]2CC[C@H](N(C)C)CC2)cn4C)cn1. The second-order valence-electron chi connectivity index (χ2n) is 8.83. The van der Waals surface area contributed by atoms with E-state index in [9.17, 15) is 0 Å². The Bertz CT molecular complexity index is 1170. The van der Waals surface area contributed by atoms with E-state index in [4.69, 9.17) is 4.98 Å². The maximum atomic E-state index is 4.81. The van der Waals surface area contributed by atoms with Crippen LogP contribution in [0.4, 0.5) is 0 Å². The first-order chi connectivity index (χ1) is 14.0. The number of nitrogens with zero attached hydrogens (tertiary/aromatic N) is 5. The van der Waals surface area contributed by atoms with Gasteiger partial charge in [-0.1, -0.05) is 12.1 Å². The number of benzene rings is 1. The Balaban J connectivity index is 1.64. The zero-order valence-electron chi connectivity index (χ0n) is 17.8. The maximum Gasteiger partial charge on any atom is 0.140 e. The lowest BCUT2D eigenvalue weighted by molar-refractivity contribution is 0.217. The van der Waals surface area contributed by atoms with Gasteiger partial charge in [-0.3, -0.25) is 4.68 Å². The van der Waals surface area contributed by atoms with Crippen LogP contribution in [0.3, 0.4) is 0 Å². The van der Waals surface area contributed by atoms with Crippen molar-refractivity contribution in [3.05, 3.63) is 48.5 Å². The molecule has 5 nitrogen and oxygen atoms in total. The topological polar surface area (TPSA) is 38.9 Å². The van der Waals surface area contributed by atoms with Crippen LogP contribution in [0.25, 0.3) is 32.9 Å². The fourth-order valence-corrected chi connectivity index (χ4v) is 5.05. The summed E-state index contributed by atoms with van der Waals surface area (Å²) in [5, 5.41) is 8.20. The Hall–Kier alpha value is -2.66.